The number of carbonyl (C=O) groups is 4. The van der Waals surface area contributed by atoms with Crippen molar-refractivity contribution in [1.82, 2.24) is 16.0 Å². The molecule has 0 heterocycles. The third-order valence-corrected chi connectivity index (χ3v) is 4.79. The van der Waals surface area contributed by atoms with E-state index in [2.05, 4.69) is 33.6 Å². The van der Waals surface area contributed by atoms with Gasteiger partial charge in [-0.25, -0.2) is 0 Å². The SMILES string of the molecule is CC(NC(=O)C(CS)NC(=O)C(CCCCN)NC(=O)C(N)CCCN=C(N)N)C(=O)O. The number of nitrogens with zero attached hydrogens (tertiary/aromatic N) is 1. The van der Waals surface area contributed by atoms with Gasteiger partial charge < -0.3 is 44.0 Å². The zero-order chi connectivity index (χ0) is 24.7. The Bertz CT molecular complexity index is 659. The van der Waals surface area contributed by atoms with Crippen molar-refractivity contribution < 1.29 is 24.3 Å². The fraction of sp³-hybridized carbons (Fsp3) is 0.722. The molecule has 0 saturated carbocycles. The first-order valence-electron chi connectivity index (χ1n) is 10.3. The lowest BCUT2D eigenvalue weighted by Gasteiger charge is -2.24. The van der Waals surface area contributed by atoms with Crippen LogP contribution in [0.4, 0.5) is 0 Å². The molecule has 0 fully saturated rings. The molecule has 13 nitrogen and oxygen atoms in total. The smallest absolute Gasteiger partial charge is 0.325 e. The maximum atomic E-state index is 12.8. The average molecular weight is 477 g/mol. The van der Waals surface area contributed by atoms with Gasteiger partial charge >= 0.3 is 5.97 Å². The topological polar surface area (TPSA) is 241 Å². The fourth-order valence-corrected chi connectivity index (χ4v) is 2.79. The number of carbonyl (C=O) groups excluding carboxylic acids is 3. The number of rotatable bonds is 16. The molecule has 0 rings (SSSR count). The number of guanidine groups is 1. The molecule has 14 heteroatoms. The van der Waals surface area contributed by atoms with Crippen LogP contribution in [0.2, 0.25) is 0 Å². The van der Waals surface area contributed by atoms with Crippen molar-refractivity contribution in [2.45, 2.75) is 63.2 Å². The third-order valence-electron chi connectivity index (χ3n) is 4.43. The first-order chi connectivity index (χ1) is 15.0. The van der Waals surface area contributed by atoms with Crippen molar-refractivity contribution in [3.8, 4) is 0 Å². The Labute approximate surface area is 192 Å². The van der Waals surface area contributed by atoms with Gasteiger partial charge in [-0.1, -0.05) is 0 Å². The molecule has 0 aliphatic rings. The average Bonchev–Trinajstić information content (AvgIpc) is 2.73. The number of nitrogens with two attached hydrogens (primary N) is 4. The maximum Gasteiger partial charge on any atom is 0.325 e. The first-order valence-corrected chi connectivity index (χ1v) is 10.9. The molecule has 0 aromatic carbocycles. The lowest BCUT2D eigenvalue weighted by atomic mass is 10.1. The van der Waals surface area contributed by atoms with E-state index in [1.807, 2.05) is 0 Å². The Morgan fingerprint density at radius 3 is 2.06 bits per heavy atom. The van der Waals surface area contributed by atoms with Crippen molar-refractivity contribution in [2.24, 2.45) is 27.9 Å². The van der Waals surface area contributed by atoms with Gasteiger partial charge in [0.05, 0.1) is 6.04 Å². The van der Waals surface area contributed by atoms with Gasteiger partial charge in [0, 0.05) is 12.3 Å². The zero-order valence-corrected chi connectivity index (χ0v) is 19.1. The number of thiol groups is 1. The number of unbranched alkanes of at least 4 members (excludes halogenated alkanes) is 1. The monoisotopic (exact) mass is 476 g/mol. The highest BCUT2D eigenvalue weighted by molar-refractivity contribution is 7.80. The highest BCUT2D eigenvalue weighted by Gasteiger charge is 2.28. The molecular weight excluding hydrogens is 440 g/mol. The van der Waals surface area contributed by atoms with Gasteiger partial charge in [0.2, 0.25) is 17.7 Å². The summed E-state index contributed by atoms with van der Waals surface area (Å²) < 4.78 is 0. The van der Waals surface area contributed by atoms with Crippen molar-refractivity contribution in [1.29, 1.82) is 0 Å². The molecule has 4 atom stereocenters. The van der Waals surface area contributed by atoms with Gasteiger partial charge in [0.25, 0.3) is 0 Å². The number of nitrogens with one attached hydrogen (secondary N) is 3. The van der Waals surface area contributed by atoms with Crippen molar-refractivity contribution >= 4 is 42.3 Å². The van der Waals surface area contributed by atoms with Crippen molar-refractivity contribution in [3.63, 3.8) is 0 Å². The van der Waals surface area contributed by atoms with Crippen LogP contribution in [0.25, 0.3) is 0 Å². The van der Waals surface area contributed by atoms with Crippen LogP contribution in [0.5, 0.6) is 0 Å². The van der Waals surface area contributed by atoms with Gasteiger partial charge in [-0.15, -0.1) is 0 Å². The second kappa shape index (κ2) is 16.1. The maximum absolute atomic E-state index is 12.8. The number of amides is 3. The van der Waals surface area contributed by atoms with E-state index in [0.29, 0.717) is 38.8 Å². The summed E-state index contributed by atoms with van der Waals surface area (Å²) in [7, 11) is 0. The molecule has 0 radical (unpaired) electrons. The highest BCUT2D eigenvalue weighted by Crippen LogP contribution is 2.04. The Hall–Kier alpha value is -2.58. The summed E-state index contributed by atoms with van der Waals surface area (Å²) in [5.74, 6) is -3.19. The first kappa shape index (κ1) is 29.4. The second-order valence-corrected chi connectivity index (χ2v) is 7.58. The quantitative estimate of drug-likeness (QED) is 0.0476. The van der Waals surface area contributed by atoms with Gasteiger partial charge in [-0.3, -0.25) is 24.2 Å². The predicted octanol–water partition coefficient (Wildman–Crippen LogP) is -3.01. The molecule has 3 amide bonds. The summed E-state index contributed by atoms with van der Waals surface area (Å²) >= 11 is 4.05. The molecule has 0 saturated heterocycles. The predicted molar refractivity (Wildman–Crippen MR) is 124 cm³/mol. The number of carboxylic acids is 1. The van der Waals surface area contributed by atoms with E-state index in [9.17, 15) is 19.2 Å². The van der Waals surface area contributed by atoms with Crippen LogP contribution in [0.3, 0.4) is 0 Å². The largest absolute Gasteiger partial charge is 0.480 e. The Kier molecular flexibility index (Phi) is 14.8. The van der Waals surface area contributed by atoms with Gasteiger partial charge in [0.15, 0.2) is 5.96 Å². The lowest BCUT2D eigenvalue weighted by molar-refractivity contribution is -0.141. The summed E-state index contributed by atoms with van der Waals surface area (Å²) in [6.07, 6.45) is 2.25. The normalized spacial score (nSPS) is 14.4. The van der Waals surface area contributed by atoms with E-state index in [-0.39, 0.29) is 18.1 Å². The standard InChI is InChI=1S/C18H36N8O5S/c1-10(17(30)31)24-16(29)13(9-32)26-15(28)12(6-2-3-7-19)25-14(27)11(20)5-4-8-23-18(21)22/h10-13,32H,2-9,19-20H2,1H3,(H,24,29)(H,25,27)(H,26,28)(H,30,31)(H4,21,22,23). The van der Waals surface area contributed by atoms with E-state index >= 15 is 0 Å². The minimum Gasteiger partial charge on any atom is -0.480 e. The molecule has 0 aliphatic heterocycles. The molecule has 32 heavy (non-hydrogen) atoms. The minimum atomic E-state index is -1.22. The molecule has 4 unspecified atom stereocenters. The Balaban J connectivity index is 5.03. The molecule has 0 aliphatic carbocycles. The number of hydrogen-bond acceptors (Lipinski definition) is 8. The van der Waals surface area contributed by atoms with Gasteiger partial charge in [-0.2, -0.15) is 12.6 Å². The molecular formula is C18H36N8O5S. The molecule has 0 bridgehead atoms. The fourth-order valence-electron chi connectivity index (χ4n) is 2.53. The van der Waals surface area contributed by atoms with Crippen molar-refractivity contribution in [3.05, 3.63) is 0 Å². The third kappa shape index (κ3) is 12.3. The molecule has 0 aromatic rings. The summed E-state index contributed by atoms with van der Waals surface area (Å²) in [4.78, 5) is 52.2. The molecule has 0 spiro atoms. The van der Waals surface area contributed by atoms with Gasteiger partial charge in [0.1, 0.15) is 18.1 Å². The van der Waals surface area contributed by atoms with Crippen LogP contribution in [-0.4, -0.2) is 77.8 Å². The van der Waals surface area contributed by atoms with Gasteiger partial charge in [-0.05, 0) is 45.6 Å². The summed E-state index contributed by atoms with van der Waals surface area (Å²) in [6.45, 7) is 2.03. The number of aliphatic imine (C=N–C) groups is 1. The second-order valence-electron chi connectivity index (χ2n) is 7.21. The number of carboxylic acid groups (broad SMARTS) is 1. The Morgan fingerprint density at radius 1 is 0.938 bits per heavy atom. The lowest BCUT2D eigenvalue weighted by Crippen LogP contribution is -2.57. The van der Waals surface area contributed by atoms with E-state index in [4.69, 9.17) is 28.0 Å². The van der Waals surface area contributed by atoms with Crippen LogP contribution in [0.15, 0.2) is 4.99 Å². The van der Waals surface area contributed by atoms with Crippen LogP contribution < -0.4 is 38.9 Å². The van der Waals surface area contributed by atoms with Crippen molar-refractivity contribution in [2.75, 3.05) is 18.8 Å². The van der Waals surface area contributed by atoms with Crippen LogP contribution in [0.1, 0.15) is 39.0 Å². The summed E-state index contributed by atoms with van der Waals surface area (Å²) in [6, 6.07) is -4.06. The zero-order valence-electron chi connectivity index (χ0n) is 18.3. The van der Waals surface area contributed by atoms with E-state index in [1.165, 1.54) is 6.92 Å². The number of hydrogen-bond donors (Lipinski definition) is 9. The van der Waals surface area contributed by atoms with Crippen LogP contribution >= 0.6 is 12.6 Å². The summed E-state index contributed by atoms with van der Waals surface area (Å²) in [5, 5.41) is 16.3. The highest BCUT2D eigenvalue weighted by atomic mass is 32.1. The number of aliphatic carboxylic acids is 1. The molecule has 0 aromatic heterocycles. The summed E-state index contributed by atoms with van der Waals surface area (Å²) in [5.41, 5.74) is 21.9. The van der Waals surface area contributed by atoms with Crippen LogP contribution in [0, 0.1) is 0 Å². The van der Waals surface area contributed by atoms with E-state index in [0.717, 1.165) is 0 Å². The molecule has 12 N–H and O–H groups in total. The van der Waals surface area contributed by atoms with E-state index in [1.54, 1.807) is 0 Å². The molecule has 184 valence electrons. The minimum absolute atomic E-state index is 0.0554. The van der Waals surface area contributed by atoms with Crippen LogP contribution in [-0.2, 0) is 19.2 Å². The van der Waals surface area contributed by atoms with E-state index < -0.39 is 47.9 Å². The Morgan fingerprint density at radius 2 is 1.53 bits per heavy atom.